The second-order valence-electron chi connectivity index (χ2n) is 5.47. The van der Waals surface area contributed by atoms with Gasteiger partial charge in [0, 0.05) is 23.3 Å². The number of rotatable bonds is 2. The summed E-state index contributed by atoms with van der Waals surface area (Å²) in [4.78, 5) is 23.8. The van der Waals surface area contributed by atoms with Gasteiger partial charge in [-0.2, -0.15) is 13.2 Å². The Kier molecular flexibility index (Phi) is 3.94. The third-order valence-electron chi connectivity index (χ3n) is 3.80. The van der Waals surface area contributed by atoms with Crippen molar-refractivity contribution in [2.45, 2.75) is 6.18 Å². The molecule has 26 heavy (non-hydrogen) atoms. The van der Waals surface area contributed by atoms with Crippen LogP contribution >= 0.6 is 0 Å². The molecular weight excluding hydrogens is 356 g/mol. The zero-order valence-electron chi connectivity index (χ0n) is 12.8. The molecule has 1 aromatic heterocycles. The van der Waals surface area contributed by atoms with E-state index in [0.717, 1.165) is 30.5 Å². The van der Waals surface area contributed by atoms with Crippen LogP contribution in [0, 0.1) is 5.82 Å². The number of phenolic OH excluding ortho intramolecular Hbond substituents is 1. The molecule has 0 saturated heterocycles. The van der Waals surface area contributed by atoms with E-state index in [9.17, 15) is 32.3 Å². The highest BCUT2D eigenvalue weighted by Crippen LogP contribution is 2.36. The van der Waals surface area contributed by atoms with E-state index in [4.69, 9.17) is 5.73 Å². The third-order valence-corrected chi connectivity index (χ3v) is 3.80. The van der Waals surface area contributed by atoms with Gasteiger partial charge in [-0.3, -0.25) is 9.59 Å². The van der Waals surface area contributed by atoms with Crippen LogP contribution in [0.25, 0.3) is 16.6 Å². The van der Waals surface area contributed by atoms with Gasteiger partial charge in [0.2, 0.25) is 5.43 Å². The standard InChI is InChI=1S/C17H10F4N2O3/c18-8-1-4-13-10(5-8)15(25)11(16(22)26)7-23(13)9-2-3-12(14(24)6-9)17(19,20)21/h1-7,24H,(H2,22,26). The maximum atomic E-state index is 13.5. The van der Waals surface area contributed by atoms with E-state index in [0.29, 0.717) is 6.07 Å². The number of amides is 1. The van der Waals surface area contributed by atoms with E-state index in [1.54, 1.807) is 0 Å². The normalized spacial score (nSPS) is 11.7. The van der Waals surface area contributed by atoms with Crippen LogP contribution in [0.3, 0.4) is 0 Å². The quantitative estimate of drug-likeness (QED) is 0.684. The molecule has 0 aliphatic carbocycles. The second-order valence-corrected chi connectivity index (χ2v) is 5.47. The van der Waals surface area contributed by atoms with Crippen LogP contribution in [-0.2, 0) is 6.18 Å². The average molecular weight is 366 g/mol. The summed E-state index contributed by atoms with van der Waals surface area (Å²) in [6.45, 7) is 0. The molecule has 0 saturated carbocycles. The average Bonchev–Trinajstić information content (AvgIpc) is 2.54. The van der Waals surface area contributed by atoms with E-state index in [1.807, 2.05) is 0 Å². The minimum Gasteiger partial charge on any atom is -0.507 e. The monoisotopic (exact) mass is 366 g/mol. The van der Waals surface area contributed by atoms with Crippen molar-refractivity contribution in [3.8, 4) is 11.4 Å². The summed E-state index contributed by atoms with van der Waals surface area (Å²) in [5, 5.41) is 9.51. The number of alkyl halides is 3. The highest BCUT2D eigenvalue weighted by atomic mass is 19.4. The SMILES string of the molecule is NC(=O)c1cn(-c2ccc(C(F)(F)F)c(O)c2)c2ccc(F)cc2c1=O. The molecule has 5 nitrogen and oxygen atoms in total. The number of hydrogen-bond donors (Lipinski definition) is 2. The van der Waals surface area contributed by atoms with Gasteiger partial charge in [-0.05, 0) is 30.3 Å². The molecule has 1 heterocycles. The molecule has 0 aliphatic heterocycles. The number of aromatic nitrogens is 1. The Morgan fingerprint density at radius 3 is 2.38 bits per heavy atom. The van der Waals surface area contributed by atoms with Crippen LogP contribution in [0.4, 0.5) is 17.6 Å². The van der Waals surface area contributed by atoms with E-state index >= 15 is 0 Å². The molecule has 3 N–H and O–H groups in total. The molecule has 3 rings (SSSR count). The van der Waals surface area contributed by atoms with Crippen molar-refractivity contribution in [1.29, 1.82) is 0 Å². The van der Waals surface area contributed by atoms with Gasteiger partial charge in [-0.25, -0.2) is 4.39 Å². The first kappa shape index (κ1) is 17.5. The van der Waals surface area contributed by atoms with E-state index < -0.39 is 40.2 Å². The number of nitrogens with zero attached hydrogens (tertiary/aromatic N) is 1. The van der Waals surface area contributed by atoms with Gasteiger partial charge in [0.25, 0.3) is 5.91 Å². The second kappa shape index (κ2) is 5.87. The predicted molar refractivity (Wildman–Crippen MR) is 84.7 cm³/mol. The number of carbonyl (C=O) groups is 1. The van der Waals surface area contributed by atoms with Crippen molar-refractivity contribution in [3.05, 3.63) is 69.8 Å². The van der Waals surface area contributed by atoms with E-state index in [1.165, 1.54) is 10.6 Å². The van der Waals surface area contributed by atoms with Gasteiger partial charge in [0.05, 0.1) is 11.1 Å². The fourth-order valence-corrected chi connectivity index (χ4v) is 2.60. The molecule has 0 atom stereocenters. The van der Waals surface area contributed by atoms with Crippen LogP contribution in [-0.4, -0.2) is 15.6 Å². The number of benzene rings is 2. The van der Waals surface area contributed by atoms with Gasteiger partial charge in [0.15, 0.2) is 0 Å². The Morgan fingerprint density at radius 1 is 1.12 bits per heavy atom. The maximum Gasteiger partial charge on any atom is 0.419 e. The number of fused-ring (bicyclic) bond motifs is 1. The van der Waals surface area contributed by atoms with Crippen molar-refractivity contribution in [2.75, 3.05) is 0 Å². The Bertz CT molecular complexity index is 1100. The van der Waals surface area contributed by atoms with Crippen molar-refractivity contribution in [1.82, 2.24) is 4.57 Å². The van der Waals surface area contributed by atoms with Gasteiger partial charge < -0.3 is 15.4 Å². The molecule has 0 spiro atoms. The predicted octanol–water partition coefficient (Wildman–Crippen LogP) is 2.95. The number of aromatic hydroxyl groups is 1. The Morgan fingerprint density at radius 2 is 1.81 bits per heavy atom. The zero-order chi connectivity index (χ0) is 19.2. The number of pyridine rings is 1. The van der Waals surface area contributed by atoms with Crippen molar-refractivity contribution in [3.63, 3.8) is 0 Å². The molecule has 0 aliphatic rings. The summed E-state index contributed by atoms with van der Waals surface area (Å²) >= 11 is 0. The lowest BCUT2D eigenvalue weighted by Gasteiger charge is -2.15. The summed E-state index contributed by atoms with van der Waals surface area (Å²) in [6.07, 6.45) is -3.72. The smallest absolute Gasteiger partial charge is 0.419 e. The van der Waals surface area contributed by atoms with Gasteiger partial charge >= 0.3 is 6.18 Å². The van der Waals surface area contributed by atoms with Crippen molar-refractivity contribution >= 4 is 16.8 Å². The molecule has 1 amide bonds. The molecule has 2 aromatic carbocycles. The lowest BCUT2D eigenvalue weighted by Crippen LogP contribution is -2.24. The summed E-state index contributed by atoms with van der Waals surface area (Å²) in [5.74, 6) is -2.85. The summed E-state index contributed by atoms with van der Waals surface area (Å²) in [6, 6.07) is 5.69. The number of primary amides is 1. The molecule has 0 bridgehead atoms. The summed E-state index contributed by atoms with van der Waals surface area (Å²) in [7, 11) is 0. The van der Waals surface area contributed by atoms with Gasteiger partial charge in [-0.1, -0.05) is 0 Å². The largest absolute Gasteiger partial charge is 0.507 e. The van der Waals surface area contributed by atoms with Crippen LogP contribution in [0.5, 0.6) is 5.75 Å². The van der Waals surface area contributed by atoms with Crippen LogP contribution in [0.1, 0.15) is 15.9 Å². The van der Waals surface area contributed by atoms with Crippen LogP contribution in [0.15, 0.2) is 47.4 Å². The lowest BCUT2D eigenvalue weighted by atomic mass is 10.1. The van der Waals surface area contributed by atoms with Crippen molar-refractivity contribution in [2.24, 2.45) is 5.73 Å². The van der Waals surface area contributed by atoms with Gasteiger partial charge in [-0.15, -0.1) is 0 Å². The molecule has 0 radical (unpaired) electrons. The lowest BCUT2D eigenvalue weighted by molar-refractivity contribution is -0.138. The third kappa shape index (κ3) is 2.87. The van der Waals surface area contributed by atoms with E-state index in [2.05, 4.69) is 0 Å². The molecule has 0 unspecified atom stereocenters. The van der Waals surface area contributed by atoms with Crippen molar-refractivity contribution < 1.29 is 27.5 Å². The topological polar surface area (TPSA) is 85.3 Å². The molecule has 3 aromatic rings. The molecular formula is C17H10F4N2O3. The highest BCUT2D eigenvalue weighted by Gasteiger charge is 2.33. The number of phenols is 1. The van der Waals surface area contributed by atoms with Crippen LogP contribution < -0.4 is 11.2 Å². The highest BCUT2D eigenvalue weighted by molar-refractivity contribution is 5.96. The minimum absolute atomic E-state index is 0.0228. The Balaban J connectivity index is 2.35. The summed E-state index contributed by atoms with van der Waals surface area (Å²) < 4.78 is 53.1. The molecule has 134 valence electrons. The first-order chi connectivity index (χ1) is 12.1. The van der Waals surface area contributed by atoms with Crippen LogP contribution in [0.2, 0.25) is 0 Å². The molecule has 9 heteroatoms. The number of nitrogens with two attached hydrogens (primary N) is 1. The fourth-order valence-electron chi connectivity index (χ4n) is 2.60. The number of carbonyl (C=O) groups excluding carboxylic acids is 1. The Hall–Kier alpha value is -3.36. The first-order valence-corrected chi connectivity index (χ1v) is 7.15. The maximum absolute atomic E-state index is 13.5. The Labute approximate surface area is 142 Å². The fraction of sp³-hybridized carbons (Fsp3) is 0.0588. The van der Waals surface area contributed by atoms with Gasteiger partial charge in [0.1, 0.15) is 17.1 Å². The summed E-state index contributed by atoms with van der Waals surface area (Å²) in [5.41, 5.74) is 2.79. The van der Waals surface area contributed by atoms with E-state index in [-0.39, 0.29) is 16.6 Å². The zero-order valence-corrected chi connectivity index (χ0v) is 12.8. The first-order valence-electron chi connectivity index (χ1n) is 7.15. The minimum atomic E-state index is -4.75. The number of hydrogen-bond acceptors (Lipinski definition) is 3. The molecule has 0 fully saturated rings. The number of halogens is 4.